The van der Waals surface area contributed by atoms with Crippen LogP contribution in [0.15, 0.2) is 158 Å². The molecular weight excluding hydrogens is 544 g/mol. The number of nitrogens with zero attached hydrogens (tertiary/aromatic N) is 2. The summed E-state index contributed by atoms with van der Waals surface area (Å²) in [6.07, 6.45) is 7.26. The molecule has 0 N–H and O–H groups in total. The fourth-order valence-electron chi connectivity index (χ4n) is 7.97. The van der Waals surface area contributed by atoms with E-state index in [-0.39, 0.29) is 11.8 Å². The van der Waals surface area contributed by atoms with E-state index in [1.165, 1.54) is 71.3 Å². The molecule has 2 nitrogen and oxygen atoms in total. The number of hydrogen-bond donors (Lipinski definition) is 0. The standard InChI is InChI=1S/C43H28N2/c1-2-12-28-25-29(22-21-27(28)11-1)41-32-14-3-5-16-34(32)42(35-17-6-4-15-33(35)41)30-23-24-36-37(26-30)31-13-7-9-19-39(31)45-40-20-10-8-18-38(40)44-43(36)45/h1-26,36-37H. The van der Waals surface area contributed by atoms with Crippen molar-refractivity contribution in [2.75, 3.05) is 0 Å². The molecule has 2 aliphatic rings. The van der Waals surface area contributed by atoms with Gasteiger partial charge < -0.3 is 0 Å². The molecule has 1 aliphatic heterocycles. The first-order valence-corrected chi connectivity index (χ1v) is 15.7. The van der Waals surface area contributed by atoms with Crippen molar-refractivity contribution < 1.29 is 0 Å². The van der Waals surface area contributed by atoms with Gasteiger partial charge in [-0.05, 0) is 84.4 Å². The summed E-state index contributed by atoms with van der Waals surface area (Å²) in [5.41, 5.74) is 9.92. The zero-order valence-electron chi connectivity index (χ0n) is 24.6. The predicted octanol–water partition coefficient (Wildman–Crippen LogP) is 11.0. The number of benzene rings is 7. The van der Waals surface area contributed by atoms with E-state index in [1.807, 2.05) is 0 Å². The van der Waals surface area contributed by atoms with Crippen LogP contribution < -0.4 is 0 Å². The lowest BCUT2D eigenvalue weighted by atomic mass is 9.75. The maximum Gasteiger partial charge on any atom is 0.122 e. The van der Waals surface area contributed by atoms with Crippen LogP contribution in [-0.2, 0) is 0 Å². The fourth-order valence-corrected chi connectivity index (χ4v) is 7.97. The van der Waals surface area contributed by atoms with E-state index in [4.69, 9.17) is 4.98 Å². The zero-order chi connectivity index (χ0) is 29.5. The number of para-hydroxylation sites is 3. The van der Waals surface area contributed by atoms with Gasteiger partial charge in [-0.2, -0.15) is 0 Å². The van der Waals surface area contributed by atoms with Crippen molar-refractivity contribution in [2.24, 2.45) is 0 Å². The minimum absolute atomic E-state index is 0.172. The summed E-state index contributed by atoms with van der Waals surface area (Å²) in [4.78, 5) is 5.18. The van der Waals surface area contributed by atoms with Crippen molar-refractivity contribution >= 4 is 48.9 Å². The number of rotatable bonds is 2. The first-order valence-electron chi connectivity index (χ1n) is 15.7. The molecule has 210 valence electrons. The van der Waals surface area contributed by atoms with Gasteiger partial charge in [0, 0.05) is 11.8 Å². The Morgan fingerprint density at radius 2 is 1.18 bits per heavy atom. The SMILES string of the molecule is C1=CC2c3nc4ccccc4n3-c3ccccc3C2C=C1c1c2ccccc2c(-c2ccc3ccccc3c2)c2ccccc12. The lowest BCUT2D eigenvalue weighted by molar-refractivity contribution is 0.642. The molecule has 2 heteroatoms. The van der Waals surface area contributed by atoms with Crippen LogP contribution in [0.25, 0.3) is 65.7 Å². The van der Waals surface area contributed by atoms with Crippen LogP contribution in [0.1, 0.15) is 28.8 Å². The van der Waals surface area contributed by atoms with Crippen LogP contribution in [0.3, 0.4) is 0 Å². The van der Waals surface area contributed by atoms with Crippen molar-refractivity contribution in [3.05, 3.63) is 175 Å². The Labute approximate surface area is 261 Å². The van der Waals surface area contributed by atoms with Gasteiger partial charge in [0.25, 0.3) is 0 Å². The first kappa shape index (κ1) is 24.7. The minimum atomic E-state index is 0.172. The first-order chi connectivity index (χ1) is 22.3. The largest absolute Gasteiger partial charge is 0.295 e. The van der Waals surface area contributed by atoms with Crippen molar-refractivity contribution in [3.8, 4) is 16.8 Å². The molecule has 0 spiro atoms. The Kier molecular flexibility index (Phi) is 5.15. The molecule has 1 aromatic heterocycles. The van der Waals surface area contributed by atoms with Crippen molar-refractivity contribution in [2.45, 2.75) is 11.8 Å². The highest BCUT2D eigenvalue weighted by Crippen LogP contribution is 2.50. The lowest BCUT2D eigenvalue weighted by Gasteiger charge is -2.34. The lowest BCUT2D eigenvalue weighted by Crippen LogP contribution is -2.22. The predicted molar refractivity (Wildman–Crippen MR) is 188 cm³/mol. The van der Waals surface area contributed by atoms with Gasteiger partial charge in [0.15, 0.2) is 0 Å². The van der Waals surface area contributed by atoms with Gasteiger partial charge in [0.2, 0.25) is 0 Å². The molecule has 0 saturated heterocycles. The summed E-state index contributed by atoms with van der Waals surface area (Å²) in [5.74, 6) is 1.49. The van der Waals surface area contributed by atoms with Gasteiger partial charge in [-0.1, -0.05) is 133 Å². The molecule has 45 heavy (non-hydrogen) atoms. The summed E-state index contributed by atoms with van der Waals surface area (Å²) >= 11 is 0. The van der Waals surface area contributed by atoms with E-state index in [1.54, 1.807) is 0 Å². The molecule has 0 amide bonds. The highest BCUT2D eigenvalue weighted by molar-refractivity contribution is 6.20. The highest BCUT2D eigenvalue weighted by Gasteiger charge is 2.36. The van der Waals surface area contributed by atoms with Gasteiger partial charge >= 0.3 is 0 Å². The van der Waals surface area contributed by atoms with Gasteiger partial charge in [-0.25, -0.2) is 4.98 Å². The Bertz CT molecular complexity index is 2510. The molecule has 0 fully saturated rings. The Balaban J connectivity index is 1.22. The maximum absolute atomic E-state index is 5.18. The van der Waals surface area contributed by atoms with Crippen LogP contribution in [0.5, 0.6) is 0 Å². The molecule has 0 radical (unpaired) electrons. The second-order valence-corrected chi connectivity index (χ2v) is 12.3. The normalized spacial score (nSPS) is 16.9. The summed E-state index contributed by atoms with van der Waals surface area (Å²) in [5, 5.41) is 7.65. The third kappa shape index (κ3) is 3.54. The van der Waals surface area contributed by atoms with Crippen LogP contribution in [0, 0.1) is 0 Å². The molecule has 8 aromatic rings. The highest BCUT2D eigenvalue weighted by atomic mass is 15.1. The molecule has 2 atom stereocenters. The average Bonchev–Trinajstić information content (AvgIpc) is 3.50. The molecule has 1 aliphatic carbocycles. The van der Waals surface area contributed by atoms with Crippen molar-refractivity contribution in [3.63, 3.8) is 0 Å². The molecule has 10 rings (SSSR count). The summed E-state index contributed by atoms with van der Waals surface area (Å²) in [7, 11) is 0. The molecule has 0 bridgehead atoms. The number of aromatic nitrogens is 2. The van der Waals surface area contributed by atoms with Crippen molar-refractivity contribution in [1.82, 2.24) is 9.55 Å². The number of hydrogen-bond acceptors (Lipinski definition) is 1. The minimum Gasteiger partial charge on any atom is -0.295 e. The molecule has 0 saturated carbocycles. The Morgan fingerprint density at radius 1 is 0.533 bits per heavy atom. The maximum atomic E-state index is 5.18. The van der Waals surface area contributed by atoms with E-state index in [0.717, 1.165) is 11.3 Å². The van der Waals surface area contributed by atoms with E-state index in [0.29, 0.717) is 0 Å². The quantitative estimate of drug-likeness (QED) is 0.188. The van der Waals surface area contributed by atoms with Gasteiger partial charge in [0.05, 0.1) is 16.7 Å². The number of allylic oxidation sites excluding steroid dienone is 4. The fraction of sp³-hybridized carbons (Fsp3) is 0.0465. The monoisotopic (exact) mass is 572 g/mol. The second-order valence-electron chi connectivity index (χ2n) is 12.3. The third-order valence-electron chi connectivity index (χ3n) is 9.91. The molecular formula is C43H28N2. The summed E-state index contributed by atoms with van der Waals surface area (Å²) < 4.78 is 2.37. The van der Waals surface area contributed by atoms with Crippen molar-refractivity contribution in [1.29, 1.82) is 0 Å². The Hall–Kier alpha value is -5.73. The number of imidazole rings is 1. The zero-order valence-corrected chi connectivity index (χ0v) is 24.6. The third-order valence-corrected chi connectivity index (χ3v) is 9.91. The topological polar surface area (TPSA) is 17.8 Å². The number of fused-ring (bicyclic) bond motifs is 11. The van der Waals surface area contributed by atoms with Gasteiger partial charge in [-0.3, -0.25) is 4.57 Å². The van der Waals surface area contributed by atoms with E-state index in [2.05, 4.69) is 162 Å². The van der Waals surface area contributed by atoms with Crippen LogP contribution in [0.4, 0.5) is 0 Å². The average molecular weight is 573 g/mol. The van der Waals surface area contributed by atoms with Gasteiger partial charge in [0.1, 0.15) is 5.82 Å². The summed E-state index contributed by atoms with van der Waals surface area (Å²) in [6.45, 7) is 0. The molecule has 2 heterocycles. The summed E-state index contributed by atoms with van der Waals surface area (Å²) in [6, 6.07) is 50.8. The van der Waals surface area contributed by atoms with E-state index < -0.39 is 0 Å². The van der Waals surface area contributed by atoms with Gasteiger partial charge in [-0.15, -0.1) is 0 Å². The van der Waals surface area contributed by atoms with E-state index in [9.17, 15) is 0 Å². The van der Waals surface area contributed by atoms with Crippen LogP contribution in [0.2, 0.25) is 0 Å². The Morgan fingerprint density at radius 3 is 1.98 bits per heavy atom. The van der Waals surface area contributed by atoms with Crippen LogP contribution in [-0.4, -0.2) is 9.55 Å². The molecule has 7 aromatic carbocycles. The van der Waals surface area contributed by atoms with E-state index >= 15 is 0 Å². The van der Waals surface area contributed by atoms with Crippen LogP contribution >= 0.6 is 0 Å². The smallest absolute Gasteiger partial charge is 0.122 e. The molecule has 2 unspecified atom stereocenters. The second kappa shape index (κ2) is 9.38.